The fraction of sp³-hybridized carbons (Fsp3) is 0.167. The molecule has 0 amide bonds. The molecule has 10 heteroatoms. The molecule has 0 aliphatic rings. The number of hydrogen-bond acceptors (Lipinski definition) is 7. The molecule has 0 bridgehead atoms. The van der Waals surface area contributed by atoms with E-state index in [9.17, 15) is 13.2 Å². The predicted octanol–water partition coefficient (Wildman–Crippen LogP) is 1.58. The van der Waals surface area contributed by atoms with Gasteiger partial charge in [0.1, 0.15) is 28.5 Å². The van der Waals surface area contributed by atoms with Crippen molar-refractivity contribution in [1.29, 1.82) is 0 Å². The molecule has 0 aliphatic carbocycles. The molecular formula is C18H18N4O5S. The monoisotopic (exact) mass is 402 g/mol. The number of hydrogen-bond donors (Lipinski definition) is 1. The molecule has 0 radical (unpaired) electrons. The summed E-state index contributed by atoms with van der Waals surface area (Å²) in [5.74, 6) is 1.23. The standard InChI is InChI=1S/C18H18N4O5S/c1-26-14-4-3-13(16(9-14)27-2)11-22(17-7-8-19-12-21-17)28(24,25)15-5-6-18(23)20-10-15/h3-10,12H,11H2,1-2H3,(H,20,23). The second-order valence-corrected chi connectivity index (χ2v) is 7.51. The number of methoxy groups -OCH3 is 2. The molecule has 0 spiro atoms. The molecule has 0 unspecified atom stereocenters. The molecule has 0 fully saturated rings. The second kappa shape index (κ2) is 8.09. The van der Waals surface area contributed by atoms with Gasteiger partial charge >= 0.3 is 0 Å². The fourth-order valence-corrected chi connectivity index (χ4v) is 3.91. The number of anilines is 1. The number of benzene rings is 1. The van der Waals surface area contributed by atoms with E-state index in [0.717, 1.165) is 16.6 Å². The third-order valence-electron chi connectivity index (χ3n) is 3.97. The minimum Gasteiger partial charge on any atom is -0.497 e. The Morgan fingerprint density at radius 3 is 2.54 bits per heavy atom. The Kier molecular flexibility index (Phi) is 5.59. The molecule has 28 heavy (non-hydrogen) atoms. The van der Waals surface area contributed by atoms with Crippen molar-refractivity contribution in [1.82, 2.24) is 15.0 Å². The summed E-state index contributed by atoms with van der Waals surface area (Å²) in [5, 5.41) is 0. The summed E-state index contributed by atoms with van der Waals surface area (Å²) in [6, 6.07) is 8.98. The van der Waals surface area contributed by atoms with Crippen LogP contribution in [0.5, 0.6) is 11.5 Å². The number of aromatic nitrogens is 3. The maximum atomic E-state index is 13.2. The molecule has 0 saturated heterocycles. The van der Waals surface area contributed by atoms with Crippen molar-refractivity contribution in [2.45, 2.75) is 11.4 Å². The van der Waals surface area contributed by atoms with Crippen LogP contribution in [0.1, 0.15) is 5.56 Å². The van der Waals surface area contributed by atoms with Crippen molar-refractivity contribution < 1.29 is 17.9 Å². The molecular weight excluding hydrogens is 384 g/mol. The van der Waals surface area contributed by atoms with Crippen molar-refractivity contribution in [3.63, 3.8) is 0 Å². The number of aromatic amines is 1. The van der Waals surface area contributed by atoms with E-state index < -0.39 is 15.6 Å². The van der Waals surface area contributed by atoms with E-state index in [2.05, 4.69) is 15.0 Å². The molecule has 1 aromatic carbocycles. The Morgan fingerprint density at radius 2 is 1.93 bits per heavy atom. The Hall–Kier alpha value is -3.40. The second-order valence-electron chi connectivity index (χ2n) is 5.65. The number of rotatable bonds is 7. The van der Waals surface area contributed by atoms with E-state index in [1.807, 2.05) is 0 Å². The van der Waals surface area contributed by atoms with Gasteiger partial charge in [-0.1, -0.05) is 0 Å². The van der Waals surface area contributed by atoms with E-state index in [1.54, 1.807) is 18.2 Å². The van der Waals surface area contributed by atoms with Crippen LogP contribution in [-0.2, 0) is 16.6 Å². The molecule has 3 aromatic rings. The molecule has 2 aromatic heterocycles. The minimum atomic E-state index is -4.02. The topological polar surface area (TPSA) is 114 Å². The lowest BCUT2D eigenvalue weighted by atomic mass is 10.2. The summed E-state index contributed by atoms with van der Waals surface area (Å²) in [4.78, 5) is 21.5. The summed E-state index contributed by atoms with van der Waals surface area (Å²) < 4.78 is 38.2. The van der Waals surface area contributed by atoms with Crippen LogP contribution in [0, 0.1) is 0 Å². The zero-order chi connectivity index (χ0) is 20.1. The molecule has 9 nitrogen and oxygen atoms in total. The van der Waals surface area contributed by atoms with Gasteiger partial charge in [0, 0.05) is 36.2 Å². The van der Waals surface area contributed by atoms with Crippen molar-refractivity contribution >= 4 is 15.8 Å². The SMILES string of the molecule is COc1ccc(CN(c2ccncn2)S(=O)(=O)c2ccc(=O)[nH]c2)c(OC)c1. The minimum absolute atomic E-state index is 0.0500. The molecule has 146 valence electrons. The van der Waals surface area contributed by atoms with Gasteiger partial charge in [-0.3, -0.25) is 4.79 Å². The van der Waals surface area contributed by atoms with Crippen LogP contribution in [0.2, 0.25) is 0 Å². The summed E-state index contributed by atoms with van der Waals surface area (Å²) in [7, 11) is -1.00. The summed E-state index contributed by atoms with van der Waals surface area (Å²) in [5.41, 5.74) is 0.208. The predicted molar refractivity (Wildman–Crippen MR) is 102 cm³/mol. The lowest BCUT2D eigenvalue weighted by molar-refractivity contribution is 0.391. The van der Waals surface area contributed by atoms with Gasteiger partial charge in [-0.2, -0.15) is 0 Å². The highest BCUT2D eigenvalue weighted by atomic mass is 32.2. The van der Waals surface area contributed by atoms with Gasteiger partial charge in [-0.05, 0) is 18.2 Å². The van der Waals surface area contributed by atoms with Crippen molar-refractivity contribution in [2.24, 2.45) is 0 Å². The highest BCUT2D eigenvalue weighted by molar-refractivity contribution is 7.92. The first-order valence-corrected chi connectivity index (χ1v) is 9.58. The summed E-state index contributed by atoms with van der Waals surface area (Å²) in [6.45, 7) is -0.0500. The number of H-pyrrole nitrogens is 1. The number of ether oxygens (including phenoxy) is 2. The van der Waals surface area contributed by atoms with Gasteiger partial charge in [-0.15, -0.1) is 0 Å². The highest BCUT2D eigenvalue weighted by Crippen LogP contribution is 2.29. The average Bonchev–Trinajstić information content (AvgIpc) is 2.72. The first kappa shape index (κ1) is 19.4. The smallest absolute Gasteiger partial charge is 0.267 e. The average molecular weight is 402 g/mol. The molecule has 2 heterocycles. The van der Waals surface area contributed by atoms with Crippen LogP contribution in [0.4, 0.5) is 5.82 Å². The number of pyridine rings is 1. The van der Waals surface area contributed by atoms with Crippen molar-refractivity contribution in [3.05, 3.63) is 71.0 Å². The zero-order valence-corrected chi connectivity index (χ0v) is 16.0. The Labute approximate surface area is 161 Å². The zero-order valence-electron chi connectivity index (χ0n) is 15.2. The first-order chi connectivity index (χ1) is 13.5. The molecule has 0 atom stereocenters. The van der Waals surface area contributed by atoms with Gasteiger partial charge in [0.2, 0.25) is 5.56 Å². The Morgan fingerprint density at radius 1 is 1.11 bits per heavy atom. The van der Waals surface area contributed by atoms with Crippen LogP contribution in [0.3, 0.4) is 0 Å². The normalized spacial score (nSPS) is 11.1. The van der Waals surface area contributed by atoms with E-state index in [-0.39, 0.29) is 17.3 Å². The Bertz CT molecular complexity index is 1100. The van der Waals surface area contributed by atoms with Crippen molar-refractivity contribution in [2.75, 3.05) is 18.5 Å². The highest BCUT2D eigenvalue weighted by Gasteiger charge is 2.27. The van der Waals surface area contributed by atoms with E-state index in [0.29, 0.717) is 17.1 Å². The third kappa shape index (κ3) is 3.96. The number of nitrogens with one attached hydrogen (secondary N) is 1. The molecule has 1 N–H and O–H groups in total. The van der Waals surface area contributed by atoms with Gasteiger partial charge in [0.25, 0.3) is 10.0 Å². The fourth-order valence-electron chi connectivity index (χ4n) is 2.54. The van der Waals surface area contributed by atoms with Gasteiger partial charge in [0.15, 0.2) is 0 Å². The van der Waals surface area contributed by atoms with Gasteiger partial charge in [-0.25, -0.2) is 22.7 Å². The van der Waals surface area contributed by atoms with Gasteiger partial charge in [0.05, 0.1) is 20.8 Å². The van der Waals surface area contributed by atoms with Crippen LogP contribution in [0.15, 0.2) is 64.8 Å². The first-order valence-electron chi connectivity index (χ1n) is 8.14. The van der Waals surface area contributed by atoms with Gasteiger partial charge < -0.3 is 14.5 Å². The summed E-state index contributed by atoms with van der Waals surface area (Å²) >= 11 is 0. The molecule has 0 aliphatic heterocycles. The summed E-state index contributed by atoms with van der Waals surface area (Å²) in [6.07, 6.45) is 3.86. The van der Waals surface area contributed by atoms with Crippen LogP contribution in [-0.4, -0.2) is 37.6 Å². The lowest BCUT2D eigenvalue weighted by Crippen LogP contribution is -2.32. The largest absolute Gasteiger partial charge is 0.497 e. The maximum Gasteiger partial charge on any atom is 0.267 e. The van der Waals surface area contributed by atoms with Crippen LogP contribution in [0.25, 0.3) is 0 Å². The van der Waals surface area contributed by atoms with E-state index in [4.69, 9.17) is 9.47 Å². The van der Waals surface area contributed by atoms with E-state index >= 15 is 0 Å². The molecule has 0 saturated carbocycles. The van der Waals surface area contributed by atoms with Crippen molar-refractivity contribution in [3.8, 4) is 11.5 Å². The van der Waals surface area contributed by atoms with Crippen LogP contribution >= 0.6 is 0 Å². The lowest BCUT2D eigenvalue weighted by Gasteiger charge is -2.24. The quantitative estimate of drug-likeness (QED) is 0.638. The third-order valence-corrected chi connectivity index (χ3v) is 5.72. The van der Waals surface area contributed by atoms with E-state index in [1.165, 1.54) is 38.9 Å². The maximum absolute atomic E-state index is 13.2. The Balaban J connectivity index is 2.09. The molecule has 3 rings (SSSR count). The van der Waals surface area contributed by atoms with Crippen LogP contribution < -0.4 is 19.3 Å². The number of nitrogens with zero attached hydrogens (tertiary/aromatic N) is 3. The number of sulfonamides is 1.